The minimum atomic E-state index is 1.27. The van der Waals surface area contributed by atoms with E-state index < -0.39 is 0 Å². The average molecular weight is 244 g/mol. The summed E-state index contributed by atoms with van der Waals surface area (Å²) in [5.41, 5.74) is 3.17. The molecule has 0 aromatic rings. The third-order valence-corrected chi connectivity index (χ3v) is 4.15. The van der Waals surface area contributed by atoms with Crippen LogP contribution in [0.15, 0.2) is 35.5 Å². The average Bonchev–Trinajstić information content (AvgIpc) is 2.61. The summed E-state index contributed by atoms with van der Waals surface area (Å²) in [5, 5.41) is 0. The van der Waals surface area contributed by atoms with Crippen molar-refractivity contribution in [3.05, 3.63) is 35.5 Å². The molecule has 0 fully saturated rings. The smallest absolute Gasteiger partial charge is 0.0271 e. The van der Waals surface area contributed by atoms with Gasteiger partial charge in [0.2, 0.25) is 0 Å². The van der Waals surface area contributed by atoms with Gasteiger partial charge < -0.3 is 0 Å². The van der Waals surface area contributed by atoms with Gasteiger partial charge in [-0.1, -0.05) is 50.0 Å². The fraction of sp³-hybridized carbons (Fsp3) is 0.667. The topological polar surface area (TPSA) is 0 Å². The predicted octanol–water partition coefficient (Wildman–Crippen LogP) is 6.10. The van der Waals surface area contributed by atoms with Gasteiger partial charge in [-0.15, -0.1) is 0 Å². The van der Waals surface area contributed by atoms with Gasteiger partial charge in [-0.3, -0.25) is 0 Å². The Labute approximate surface area is 113 Å². The zero-order chi connectivity index (χ0) is 12.5. The molecule has 0 radical (unpaired) electrons. The van der Waals surface area contributed by atoms with Crippen LogP contribution in [0.2, 0.25) is 0 Å². The molecule has 0 aliphatic heterocycles. The second-order valence-corrected chi connectivity index (χ2v) is 5.74. The third kappa shape index (κ3) is 4.84. The van der Waals surface area contributed by atoms with Crippen molar-refractivity contribution >= 4 is 0 Å². The normalized spacial score (nSPS) is 25.3. The van der Waals surface area contributed by atoms with Crippen molar-refractivity contribution in [3.8, 4) is 0 Å². The molecule has 0 aromatic carbocycles. The van der Waals surface area contributed by atoms with Gasteiger partial charge in [0.1, 0.15) is 0 Å². The van der Waals surface area contributed by atoms with Crippen LogP contribution in [0.1, 0.15) is 77.0 Å². The van der Waals surface area contributed by atoms with Gasteiger partial charge in [-0.25, -0.2) is 0 Å². The van der Waals surface area contributed by atoms with Gasteiger partial charge in [0.25, 0.3) is 0 Å². The van der Waals surface area contributed by atoms with E-state index >= 15 is 0 Å². The first kappa shape index (κ1) is 13.6. The van der Waals surface area contributed by atoms with E-state index in [2.05, 4.69) is 24.3 Å². The summed E-state index contributed by atoms with van der Waals surface area (Å²) < 4.78 is 0. The first-order chi connectivity index (χ1) is 8.97. The highest BCUT2D eigenvalue weighted by molar-refractivity contribution is 5.39. The molecular formula is C18H28. The van der Waals surface area contributed by atoms with Gasteiger partial charge in [-0.2, -0.15) is 0 Å². The first-order valence-corrected chi connectivity index (χ1v) is 8.03. The summed E-state index contributed by atoms with van der Waals surface area (Å²) >= 11 is 0. The van der Waals surface area contributed by atoms with E-state index in [0.717, 1.165) is 0 Å². The molecule has 2 rings (SSSR count). The molecule has 0 N–H and O–H groups in total. The van der Waals surface area contributed by atoms with Crippen molar-refractivity contribution in [2.45, 2.75) is 77.0 Å². The Morgan fingerprint density at radius 3 is 2.22 bits per heavy atom. The van der Waals surface area contributed by atoms with Crippen LogP contribution in [0.5, 0.6) is 0 Å². The molecule has 2 aliphatic carbocycles. The number of rotatable bonds is 1. The van der Waals surface area contributed by atoms with Crippen molar-refractivity contribution in [3.63, 3.8) is 0 Å². The molecule has 0 bridgehead atoms. The van der Waals surface area contributed by atoms with Crippen molar-refractivity contribution < 1.29 is 0 Å². The van der Waals surface area contributed by atoms with Gasteiger partial charge in [-0.05, 0) is 62.5 Å². The standard InChI is InChI=1S/C18H28/c1-2-6-10-14-17(13-9-5-1)18-15-11-7-3-4-8-12-16-18/h9,13-15H,1-8,10-12,16H2/b13-9-,17-14?,18-15?. The summed E-state index contributed by atoms with van der Waals surface area (Å²) in [4.78, 5) is 0. The summed E-state index contributed by atoms with van der Waals surface area (Å²) in [6.07, 6.45) is 26.2. The Morgan fingerprint density at radius 2 is 1.28 bits per heavy atom. The van der Waals surface area contributed by atoms with Crippen molar-refractivity contribution in [2.24, 2.45) is 0 Å². The van der Waals surface area contributed by atoms with E-state index in [1.165, 1.54) is 77.0 Å². The third-order valence-electron chi connectivity index (χ3n) is 4.15. The van der Waals surface area contributed by atoms with Gasteiger partial charge in [0.15, 0.2) is 0 Å². The lowest BCUT2D eigenvalue weighted by atomic mass is 9.97. The fourth-order valence-corrected chi connectivity index (χ4v) is 2.99. The zero-order valence-electron chi connectivity index (χ0n) is 11.8. The largest absolute Gasteiger partial charge is 0.0839 e. The molecule has 100 valence electrons. The molecule has 0 amide bonds. The summed E-state index contributed by atoms with van der Waals surface area (Å²) in [6, 6.07) is 0. The fourth-order valence-electron chi connectivity index (χ4n) is 2.99. The van der Waals surface area contributed by atoms with Crippen LogP contribution >= 0.6 is 0 Å². The van der Waals surface area contributed by atoms with Crippen molar-refractivity contribution in [2.75, 3.05) is 0 Å². The quantitative estimate of drug-likeness (QED) is 0.522. The van der Waals surface area contributed by atoms with E-state index in [1.54, 1.807) is 11.1 Å². The van der Waals surface area contributed by atoms with E-state index in [4.69, 9.17) is 0 Å². The van der Waals surface area contributed by atoms with E-state index in [0.29, 0.717) is 0 Å². The molecule has 0 atom stereocenters. The minimum absolute atomic E-state index is 1.27. The highest BCUT2D eigenvalue weighted by Gasteiger charge is 2.05. The SMILES string of the molecule is C1=C(C2=CCCCCCCC2)/C=C\CCCCC1. The van der Waals surface area contributed by atoms with E-state index in [9.17, 15) is 0 Å². The molecular weight excluding hydrogens is 216 g/mol. The summed E-state index contributed by atoms with van der Waals surface area (Å²) in [5.74, 6) is 0. The van der Waals surface area contributed by atoms with Gasteiger partial charge >= 0.3 is 0 Å². The highest BCUT2D eigenvalue weighted by atomic mass is 14.1. The number of hydrogen-bond donors (Lipinski definition) is 0. The molecule has 2 aliphatic rings. The summed E-state index contributed by atoms with van der Waals surface area (Å²) in [6.45, 7) is 0. The Balaban J connectivity index is 2.06. The second-order valence-electron chi connectivity index (χ2n) is 5.74. The van der Waals surface area contributed by atoms with Crippen molar-refractivity contribution in [1.82, 2.24) is 0 Å². The van der Waals surface area contributed by atoms with E-state index in [-0.39, 0.29) is 0 Å². The summed E-state index contributed by atoms with van der Waals surface area (Å²) in [7, 11) is 0. The highest BCUT2D eigenvalue weighted by Crippen LogP contribution is 2.25. The zero-order valence-corrected chi connectivity index (χ0v) is 11.8. The molecule has 0 spiro atoms. The molecule has 0 nitrogen and oxygen atoms in total. The van der Waals surface area contributed by atoms with Gasteiger partial charge in [0.05, 0.1) is 0 Å². The van der Waals surface area contributed by atoms with Crippen LogP contribution in [-0.4, -0.2) is 0 Å². The maximum absolute atomic E-state index is 2.53. The maximum Gasteiger partial charge on any atom is -0.0271 e. The van der Waals surface area contributed by atoms with Crippen molar-refractivity contribution in [1.29, 1.82) is 0 Å². The number of allylic oxidation sites excluding steroid dienone is 6. The predicted molar refractivity (Wildman–Crippen MR) is 80.7 cm³/mol. The molecule has 0 heteroatoms. The molecule has 18 heavy (non-hydrogen) atoms. The molecule has 0 unspecified atom stereocenters. The lowest BCUT2D eigenvalue weighted by Gasteiger charge is -2.08. The lowest BCUT2D eigenvalue weighted by Crippen LogP contribution is -1.89. The van der Waals surface area contributed by atoms with Crippen LogP contribution in [-0.2, 0) is 0 Å². The Morgan fingerprint density at radius 1 is 0.611 bits per heavy atom. The number of hydrogen-bond acceptors (Lipinski definition) is 0. The van der Waals surface area contributed by atoms with Crippen LogP contribution in [0.25, 0.3) is 0 Å². The molecule has 0 saturated carbocycles. The Kier molecular flexibility index (Phi) is 6.33. The minimum Gasteiger partial charge on any atom is -0.0839 e. The lowest BCUT2D eigenvalue weighted by molar-refractivity contribution is 0.630. The molecule has 0 saturated heterocycles. The molecule has 0 heterocycles. The van der Waals surface area contributed by atoms with E-state index in [1.807, 2.05) is 0 Å². The van der Waals surface area contributed by atoms with Crippen LogP contribution in [0.3, 0.4) is 0 Å². The van der Waals surface area contributed by atoms with Crippen LogP contribution in [0.4, 0.5) is 0 Å². The Bertz CT molecular complexity index is 317. The second kappa shape index (κ2) is 8.34. The first-order valence-electron chi connectivity index (χ1n) is 8.03. The Hall–Kier alpha value is -0.780. The van der Waals surface area contributed by atoms with Gasteiger partial charge in [0, 0.05) is 0 Å². The van der Waals surface area contributed by atoms with Crippen LogP contribution in [0, 0.1) is 0 Å². The monoisotopic (exact) mass is 244 g/mol. The molecule has 0 aromatic heterocycles. The van der Waals surface area contributed by atoms with Crippen LogP contribution < -0.4 is 0 Å². The maximum atomic E-state index is 2.53.